The second-order valence-electron chi connectivity index (χ2n) is 4.23. The maximum absolute atomic E-state index is 9.11. The van der Waals surface area contributed by atoms with Gasteiger partial charge in [0, 0.05) is 6.54 Å². The minimum Gasteiger partial charge on any atom is -0.367 e. The minimum absolute atomic E-state index is 0.618. The van der Waals surface area contributed by atoms with Crippen LogP contribution in [0.3, 0.4) is 0 Å². The predicted molar refractivity (Wildman–Crippen MR) is 68.9 cm³/mol. The van der Waals surface area contributed by atoms with Gasteiger partial charge in [0.2, 0.25) is 0 Å². The third-order valence-electron chi connectivity index (χ3n) is 2.89. The van der Waals surface area contributed by atoms with Crippen LogP contribution in [-0.2, 0) is 0 Å². The van der Waals surface area contributed by atoms with E-state index in [1.165, 1.54) is 19.3 Å². The fraction of sp³-hybridized carbons (Fsp3) is 0.615. The summed E-state index contributed by atoms with van der Waals surface area (Å²) in [6.45, 7) is 6.82. The van der Waals surface area contributed by atoms with Gasteiger partial charge in [0.15, 0.2) is 5.82 Å². The average Bonchev–Trinajstić information content (AvgIpc) is 2.33. The van der Waals surface area contributed by atoms with E-state index in [1.54, 1.807) is 0 Å². The van der Waals surface area contributed by atoms with Crippen molar-refractivity contribution in [3.63, 3.8) is 0 Å². The quantitative estimate of drug-likeness (QED) is 0.766. The largest absolute Gasteiger partial charge is 0.367 e. The normalized spacial score (nSPS) is 10.0. The highest BCUT2D eigenvalue weighted by molar-refractivity contribution is 5.55. The topological polar surface area (TPSA) is 61.6 Å². The van der Waals surface area contributed by atoms with E-state index in [0.717, 1.165) is 24.2 Å². The molecule has 0 aliphatic carbocycles. The zero-order chi connectivity index (χ0) is 12.7. The van der Waals surface area contributed by atoms with Gasteiger partial charge in [-0.25, -0.2) is 0 Å². The van der Waals surface area contributed by atoms with Crippen molar-refractivity contribution in [2.45, 2.75) is 46.5 Å². The molecule has 0 spiro atoms. The molecule has 1 aromatic rings. The van der Waals surface area contributed by atoms with Crippen LogP contribution in [0.5, 0.6) is 0 Å². The van der Waals surface area contributed by atoms with Crippen molar-refractivity contribution >= 4 is 5.82 Å². The van der Waals surface area contributed by atoms with Gasteiger partial charge in [0.1, 0.15) is 11.6 Å². The number of aryl methyl sites for hydroxylation is 1. The van der Waals surface area contributed by atoms with E-state index < -0.39 is 0 Å². The molecule has 0 amide bonds. The first-order valence-electron chi connectivity index (χ1n) is 6.18. The van der Waals surface area contributed by atoms with Crippen molar-refractivity contribution in [1.82, 2.24) is 10.2 Å². The number of nitrogens with zero attached hydrogens (tertiary/aromatic N) is 3. The van der Waals surface area contributed by atoms with E-state index in [0.29, 0.717) is 11.4 Å². The SMILES string of the molecule is CCCCCCNc1nnc(C)c(C)c1C#N. The minimum atomic E-state index is 0.618. The highest BCUT2D eigenvalue weighted by atomic mass is 15.2. The number of rotatable bonds is 6. The van der Waals surface area contributed by atoms with Gasteiger partial charge in [0.05, 0.1) is 5.69 Å². The Morgan fingerprint density at radius 2 is 1.94 bits per heavy atom. The first kappa shape index (κ1) is 13.4. The number of hydrogen-bond donors (Lipinski definition) is 1. The monoisotopic (exact) mass is 232 g/mol. The first-order chi connectivity index (χ1) is 8.20. The van der Waals surface area contributed by atoms with Gasteiger partial charge in [-0.05, 0) is 25.8 Å². The molecule has 0 unspecified atom stereocenters. The molecule has 0 saturated carbocycles. The highest BCUT2D eigenvalue weighted by Gasteiger charge is 2.09. The van der Waals surface area contributed by atoms with Crippen LogP contribution in [0.15, 0.2) is 0 Å². The third-order valence-corrected chi connectivity index (χ3v) is 2.89. The maximum Gasteiger partial charge on any atom is 0.166 e. The Morgan fingerprint density at radius 3 is 2.59 bits per heavy atom. The van der Waals surface area contributed by atoms with Crippen LogP contribution in [0, 0.1) is 25.2 Å². The van der Waals surface area contributed by atoms with Gasteiger partial charge in [0.25, 0.3) is 0 Å². The van der Waals surface area contributed by atoms with Gasteiger partial charge in [-0.3, -0.25) is 0 Å². The second kappa shape index (κ2) is 6.85. The molecule has 0 aliphatic rings. The van der Waals surface area contributed by atoms with Crippen molar-refractivity contribution in [3.05, 3.63) is 16.8 Å². The van der Waals surface area contributed by atoms with E-state index in [2.05, 4.69) is 28.5 Å². The Bertz CT molecular complexity index is 407. The van der Waals surface area contributed by atoms with Gasteiger partial charge in [-0.15, -0.1) is 5.10 Å². The molecule has 0 fully saturated rings. The summed E-state index contributed by atoms with van der Waals surface area (Å²) >= 11 is 0. The molecule has 17 heavy (non-hydrogen) atoms. The summed E-state index contributed by atoms with van der Waals surface area (Å²) in [6, 6.07) is 2.19. The summed E-state index contributed by atoms with van der Waals surface area (Å²) in [6.07, 6.45) is 4.80. The molecule has 1 heterocycles. The molecular formula is C13H20N4. The lowest BCUT2D eigenvalue weighted by molar-refractivity contribution is 0.683. The first-order valence-corrected chi connectivity index (χ1v) is 6.18. The molecule has 0 atom stereocenters. The van der Waals surface area contributed by atoms with Crippen LogP contribution in [0.4, 0.5) is 5.82 Å². The molecule has 0 aromatic carbocycles. The van der Waals surface area contributed by atoms with E-state index in [4.69, 9.17) is 5.26 Å². The Kier molecular flexibility index (Phi) is 5.41. The lowest BCUT2D eigenvalue weighted by Crippen LogP contribution is -2.08. The third kappa shape index (κ3) is 3.70. The van der Waals surface area contributed by atoms with Gasteiger partial charge in [-0.2, -0.15) is 10.4 Å². The summed E-state index contributed by atoms with van der Waals surface area (Å²) in [5.41, 5.74) is 2.35. The molecule has 1 rings (SSSR count). The number of nitrogens with one attached hydrogen (secondary N) is 1. The van der Waals surface area contributed by atoms with Crippen molar-refractivity contribution in [3.8, 4) is 6.07 Å². The second-order valence-corrected chi connectivity index (χ2v) is 4.23. The van der Waals surface area contributed by atoms with E-state index in [-0.39, 0.29) is 0 Å². The lowest BCUT2D eigenvalue weighted by Gasteiger charge is -2.09. The smallest absolute Gasteiger partial charge is 0.166 e. The van der Waals surface area contributed by atoms with E-state index >= 15 is 0 Å². The average molecular weight is 232 g/mol. The van der Waals surface area contributed by atoms with Crippen LogP contribution in [0.25, 0.3) is 0 Å². The van der Waals surface area contributed by atoms with Gasteiger partial charge < -0.3 is 5.32 Å². The number of aromatic nitrogens is 2. The van der Waals surface area contributed by atoms with Crippen LogP contribution in [-0.4, -0.2) is 16.7 Å². The number of nitriles is 1. The molecular weight excluding hydrogens is 212 g/mol. The van der Waals surface area contributed by atoms with Crippen LogP contribution in [0.2, 0.25) is 0 Å². The van der Waals surface area contributed by atoms with Crippen LogP contribution in [0.1, 0.15) is 49.4 Å². The van der Waals surface area contributed by atoms with E-state index in [1.807, 2.05) is 13.8 Å². The highest BCUT2D eigenvalue weighted by Crippen LogP contribution is 2.16. The Hall–Kier alpha value is -1.63. The molecule has 0 bridgehead atoms. The molecule has 4 heteroatoms. The van der Waals surface area contributed by atoms with Crippen molar-refractivity contribution < 1.29 is 0 Å². The number of hydrogen-bond acceptors (Lipinski definition) is 4. The summed E-state index contributed by atoms with van der Waals surface area (Å²) in [7, 11) is 0. The molecule has 1 aromatic heterocycles. The summed E-state index contributed by atoms with van der Waals surface area (Å²) in [5, 5.41) is 20.4. The molecule has 0 saturated heterocycles. The summed E-state index contributed by atoms with van der Waals surface area (Å²) in [4.78, 5) is 0. The summed E-state index contributed by atoms with van der Waals surface area (Å²) < 4.78 is 0. The fourth-order valence-electron chi connectivity index (χ4n) is 1.63. The molecule has 0 radical (unpaired) electrons. The van der Waals surface area contributed by atoms with Crippen LogP contribution >= 0.6 is 0 Å². The van der Waals surface area contributed by atoms with E-state index in [9.17, 15) is 0 Å². The lowest BCUT2D eigenvalue weighted by atomic mass is 10.1. The van der Waals surface area contributed by atoms with Crippen molar-refractivity contribution in [1.29, 1.82) is 5.26 Å². The van der Waals surface area contributed by atoms with Gasteiger partial charge >= 0.3 is 0 Å². The molecule has 92 valence electrons. The fourth-order valence-corrected chi connectivity index (χ4v) is 1.63. The molecule has 0 aliphatic heterocycles. The predicted octanol–water partition coefficient (Wildman–Crippen LogP) is 2.96. The Labute approximate surface area is 103 Å². The molecule has 4 nitrogen and oxygen atoms in total. The zero-order valence-corrected chi connectivity index (χ0v) is 10.9. The van der Waals surface area contributed by atoms with Gasteiger partial charge in [-0.1, -0.05) is 26.2 Å². The Balaban J connectivity index is 2.60. The van der Waals surface area contributed by atoms with Crippen molar-refractivity contribution in [2.75, 3.05) is 11.9 Å². The summed E-state index contributed by atoms with van der Waals surface area (Å²) in [5.74, 6) is 0.618. The van der Waals surface area contributed by atoms with Crippen molar-refractivity contribution in [2.24, 2.45) is 0 Å². The molecule has 1 N–H and O–H groups in total. The Morgan fingerprint density at radius 1 is 1.18 bits per heavy atom. The maximum atomic E-state index is 9.11. The standard InChI is InChI=1S/C13H20N4/c1-4-5-6-7-8-15-13-12(9-14)10(2)11(3)16-17-13/h4-8H2,1-3H3,(H,15,17). The van der Waals surface area contributed by atoms with Crippen LogP contribution < -0.4 is 5.32 Å². The zero-order valence-electron chi connectivity index (χ0n) is 10.9. The number of anilines is 1. The number of unbranched alkanes of at least 4 members (excludes halogenated alkanes) is 3.